The number of hydrogen-bond donors (Lipinski definition) is 0. The maximum atomic E-state index is 12.4. The van der Waals surface area contributed by atoms with E-state index in [1.165, 1.54) is 31.4 Å². The Labute approximate surface area is 261 Å². The number of nitrogens with zero attached hydrogens (tertiary/aromatic N) is 1. The lowest BCUT2D eigenvalue weighted by molar-refractivity contribution is -0.147. The van der Waals surface area contributed by atoms with Crippen LogP contribution in [-0.2, 0) is 43.4 Å². The molecule has 1 aromatic carbocycles. The zero-order valence-corrected chi connectivity index (χ0v) is 27.6. The van der Waals surface area contributed by atoms with E-state index in [9.17, 15) is 4.79 Å². The van der Waals surface area contributed by atoms with Crippen molar-refractivity contribution in [3.05, 3.63) is 92.5 Å². The number of carbonyl (C=O) groups excluding carboxylic acids is 1. The van der Waals surface area contributed by atoms with E-state index in [4.69, 9.17) is 69.3 Å². The molecule has 7 nitrogen and oxygen atoms in total. The molecular weight excluding hydrogens is 628 g/mol. The highest BCUT2D eigenvalue weighted by molar-refractivity contribution is 8.07. The zero-order valence-electron chi connectivity index (χ0n) is 23.7. The highest BCUT2D eigenvalue weighted by Gasteiger charge is 2.61. The SMILES string of the molecule is CC(C)=C[C@@H]1[C@@H](C(=O)OCc2coc(Cc3ccccc3)c2)C1(C)C.COP(=S)(OC)Oc1nc(Cl)c(Cl)cc1Cl. The van der Waals surface area contributed by atoms with Crippen molar-refractivity contribution in [2.24, 2.45) is 17.3 Å². The maximum absolute atomic E-state index is 12.4. The van der Waals surface area contributed by atoms with E-state index in [1.807, 2.05) is 24.3 Å². The highest BCUT2D eigenvalue weighted by atomic mass is 35.5. The fraction of sp³-hybridized carbons (Fsp3) is 0.379. The summed E-state index contributed by atoms with van der Waals surface area (Å²) in [4.78, 5) is 16.2. The lowest BCUT2D eigenvalue weighted by atomic mass is 10.1. The second-order valence-corrected chi connectivity index (χ2v) is 14.5. The van der Waals surface area contributed by atoms with E-state index < -0.39 is 6.72 Å². The Kier molecular flexibility index (Phi) is 11.9. The summed E-state index contributed by atoms with van der Waals surface area (Å²) in [5, 5.41) is 0.467. The Bertz CT molecular complexity index is 1420. The lowest BCUT2D eigenvalue weighted by Crippen LogP contribution is -2.10. The minimum Gasteiger partial charge on any atom is -0.469 e. The number of pyridine rings is 1. The summed E-state index contributed by atoms with van der Waals surface area (Å²) >= 11 is 22.3. The van der Waals surface area contributed by atoms with Crippen LogP contribution in [0.15, 0.2) is 64.8 Å². The molecule has 2 aromatic heterocycles. The normalized spacial score (nSPS) is 17.2. The van der Waals surface area contributed by atoms with Gasteiger partial charge < -0.3 is 22.7 Å². The van der Waals surface area contributed by atoms with Gasteiger partial charge in [-0.3, -0.25) is 4.79 Å². The van der Waals surface area contributed by atoms with Gasteiger partial charge in [0.15, 0.2) is 5.15 Å². The predicted molar refractivity (Wildman–Crippen MR) is 166 cm³/mol. The van der Waals surface area contributed by atoms with Crippen molar-refractivity contribution in [2.45, 2.75) is 40.7 Å². The zero-order chi connectivity index (χ0) is 30.4. The summed E-state index contributed by atoms with van der Waals surface area (Å²) in [6.07, 6.45) is 4.60. The number of ether oxygens (including phenoxy) is 1. The molecule has 41 heavy (non-hydrogen) atoms. The molecule has 1 fully saturated rings. The number of rotatable bonds is 10. The number of benzene rings is 1. The van der Waals surface area contributed by atoms with E-state index in [0.29, 0.717) is 0 Å². The van der Waals surface area contributed by atoms with Crippen LogP contribution in [0, 0.1) is 17.3 Å². The van der Waals surface area contributed by atoms with Crippen molar-refractivity contribution in [1.82, 2.24) is 4.98 Å². The molecule has 0 saturated heterocycles. The van der Waals surface area contributed by atoms with Crippen LogP contribution in [0.4, 0.5) is 0 Å². The summed E-state index contributed by atoms with van der Waals surface area (Å²) in [6.45, 7) is 5.77. The van der Waals surface area contributed by atoms with Gasteiger partial charge in [0.25, 0.3) is 0 Å². The van der Waals surface area contributed by atoms with Crippen molar-refractivity contribution < 1.29 is 27.5 Å². The van der Waals surface area contributed by atoms with E-state index in [-0.39, 0.29) is 50.9 Å². The number of halogens is 3. The summed E-state index contributed by atoms with van der Waals surface area (Å²) in [5.41, 5.74) is 3.33. The van der Waals surface area contributed by atoms with Gasteiger partial charge in [0.05, 0.1) is 17.2 Å². The molecule has 1 saturated carbocycles. The Morgan fingerprint density at radius 3 is 2.34 bits per heavy atom. The molecule has 4 rings (SSSR count). The molecule has 0 amide bonds. The Balaban J connectivity index is 0.000000250. The first-order chi connectivity index (χ1) is 19.3. The third-order valence-electron chi connectivity index (χ3n) is 6.49. The first-order valence-corrected chi connectivity index (χ1v) is 16.3. The second kappa shape index (κ2) is 14.5. The first-order valence-electron chi connectivity index (χ1n) is 12.6. The van der Waals surface area contributed by atoms with Crippen molar-refractivity contribution in [3.8, 4) is 5.88 Å². The molecule has 0 N–H and O–H groups in total. The highest BCUT2D eigenvalue weighted by Crippen LogP contribution is 2.60. The molecule has 0 bridgehead atoms. The van der Waals surface area contributed by atoms with Gasteiger partial charge in [-0.15, -0.1) is 0 Å². The maximum Gasteiger partial charge on any atom is 0.381 e. The summed E-state index contributed by atoms with van der Waals surface area (Å²) < 4.78 is 26.2. The summed E-state index contributed by atoms with van der Waals surface area (Å²) in [6, 6.07) is 13.5. The molecule has 0 spiro atoms. The molecule has 0 unspecified atom stereocenters. The average molecular weight is 661 g/mol. The van der Waals surface area contributed by atoms with Crippen molar-refractivity contribution in [2.75, 3.05) is 14.2 Å². The number of allylic oxidation sites excluding steroid dienone is 2. The van der Waals surface area contributed by atoms with Crippen LogP contribution < -0.4 is 4.52 Å². The topological polar surface area (TPSA) is 80.0 Å². The third kappa shape index (κ3) is 9.29. The van der Waals surface area contributed by atoms with Gasteiger partial charge in [-0.25, -0.2) is 0 Å². The van der Waals surface area contributed by atoms with Gasteiger partial charge in [0.1, 0.15) is 17.4 Å². The largest absolute Gasteiger partial charge is 0.469 e. The summed E-state index contributed by atoms with van der Waals surface area (Å²) in [5.74, 6) is 1.04. The molecule has 12 heteroatoms. The van der Waals surface area contributed by atoms with E-state index in [2.05, 4.69) is 50.9 Å². The van der Waals surface area contributed by atoms with Crippen molar-refractivity contribution >= 4 is 59.3 Å². The van der Waals surface area contributed by atoms with E-state index in [1.54, 1.807) is 6.26 Å². The van der Waals surface area contributed by atoms with Gasteiger partial charge in [-0.1, -0.05) is 90.6 Å². The summed E-state index contributed by atoms with van der Waals surface area (Å²) in [7, 11) is 2.74. The Hall–Kier alpha value is -1.90. The number of hydrogen-bond acceptors (Lipinski definition) is 8. The van der Waals surface area contributed by atoms with Gasteiger partial charge in [-0.05, 0) is 42.9 Å². The van der Waals surface area contributed by atoms with Gasteiger partial charge in [0.2, 0.25) is 5.88 Å². The molecule has 0 radical (unpaired) electrons. The van der Waals surface area contributed by atoms with Crippen LogP contribution in [0.2, 0.25) is 15.2 Å². The lowest BCUT2D eigenvalue weighted by Gasteiger charge is -2.18. The molecular formula is C29H33Cl3NO6PS. The van der Waals surface area contributed by atoms with Crippen LogP contribution in [0.1, 0.15) is 44.6 Å². The van der Waals surface area contributed by atoms with Crippen molar-refractivity contribution in [1.29, 1.82) is 0 Å². The molecule has 3 aromatic rings. The predicted octanol–water partition coefficient (Wildman–Crippen LogP) is 9.09. The fourth-order valence-electron chi connectivity index (χ4n) is 4.18. The van der Waals surface area contributed by atoms with Gasteiger partial charge >= 0.3 is 12.7 Å². The third-order valence-corrected chi connectivity index (χ3v) is 9.84. The number of carbonyl (C=O) groups is 1. The minimum atomic E-state index is -2.88. The van der Waals surface area contributed by atoms with Gasteiger partial charge in [-0.2, -0.15) is 4.98 Å². The smallest absolute Gasteiger partial charge is 0.381 e. The number of furan rings is 1. The standard InChI is InChI=1S/C22H26O3.C7H7Cl3NO3PS/c1-15(2)10-19-20(22(19,3)4)21(23)25-14-17-12-18(24-13-17)11-16-8-6-5-7-9-16;1-12-15(16,13-2)14-7-5(9)3-4(8)6(10)11-7/h5-10,12-13,19-20H,11,14H2,1-4H3;3H,1-2H3/t19-,20+;/m1./s1. The Morgan fingerprint density at radius 1 is 1.07 bits per heavy atom. The molecule has 1 aliphatic carbocycles. The van der Waals surface area contributed by atoms with Crippen molar-refractivity contribution in [3.63, 3.8) is 0 Å². The molecule has 0 aliphatic heterocycles. The van der Waals surface area contributed by atoms with E-state index >= 15 is 0 Å². The quantitative estimate of drug-likeness (QED) is 0.0922. The first kappa shape index (κ1) is 33.6. The fourth-order valence-corrected chi connectivity index (χ4v) is 5.62. The molecule has 2 heterocycles. The molecule has 1 aliphatic rings. The number of aromatic nitrogens is 1. The van der Waals surface area contributed by atoms with Gasteiger partial charge in [0, 0.05) is 38.0 Å². The van der Waals surface area contributed by atoms with Crippen LogP contribution in [0.25, 0.3) is 0 Å². The molecule has 222 valence electrons. The minimum absolute atomic E-state index is 0.0107. The number of esters is 1. The van der Waals surface area contributed by atoms with E-state index in [0.717, 1.165) is 17.7 Å². The Morgan fingerprint density at radius 2 is 1.73 bits per heavy atom. The van der Waals surface area contributed by atoms with Crippen LogP contribution in [0.3, 0.4) is 0 Å². The molecule has 2 atom stereocenters. The van der Waals surface area contributed by atoms with Crippen LogP contribution >= 0.6 is 41.5 Å². The van der Waals surface area contributed by atoms with Crippen LogP contribution in [0.5, 0.6) is 5.88 Å². The second-order valence-electron chi connectivity index (χ2n) is 10.2. The monoisotopic (exact) mass is 659 g/mol. The average Bonchev–Trinajstić information content (AvgIpc) is 3.22. The van der Waals surface area contributed by atoms with Crippen LogP contribution in [-0.4, -0.2) is 25.2 Å².